The quantitative estimate of drug-likeness (QED) is 0.849. The molecule has 0 bridgehead atoms. The largest absolute Gasteiger partial charge is 0.329 e. The fourth-order valence-electron chi connectivity index (χ4n) is 1.97. The van der Waals surface area contributed by atoms with Gasteiger partial charge in [-0.05, 0) is 30.2 Å². The predicted octanol–water partition coefficient (Wildman–Crippen LogP) is 2.48. The van der Waals surface area contributed by atoms with Crippen molar-refractivity contribution in [1.29, 1.82) is 0 Å². The lowest BCUT2D eigenvalue weighted by atomic mass is 9.92. The van der Waals surface area contributed by atoms with Crippen molar-refractivity contribution < 1.29 is 0 Å². The zero-order chi connectivity index (χ0) is 11.4. The van der Waals surface area contributed by atoms with Crippen molar-refractivity contribution in [3.8, 4) is 0 Å². The van der Waals surface area contributed by atoms with E-state index in [0.29, 0.717) is 6.54 Å². The molecule has 0 aliphatic rings. The van der Waals surface area contributed by atoms with Gasteiger partial charge in [-0.25, -0.2) is 0 Å². The van der Waals surface area contributed by atoms with Crippen LogP contribution in [0.15, 0.2) is 48.7 Å². The minimum atomic E-state index is 0.197. The van der Waals surface area contributed by atoms with Crippen LogP contribution in [0.1, 0.15) is 22.7 Å². The summed E-state index contributed by atoms with van der Waals surface area (Å²) >= 11 is 0. The number of aryl methyl sites for hydroxylation is 1. The number of hydrogen-bond donors (Lipinski definition) is 1. The fraction of sp³-hybridized carbons (Fsp3) is 0.214. The van der Waals surface area contributed by atoms with Crippen molar-refractivity contribution in [2.24, 2.45) is 5.73 Å². The van der Waals surface area contributed by atoms with Gasteiger partial charge in [0.1, 0.15) is 0 Å². The third-order valence-corrected chi connectivity index (χ3v) is 2.84. The van der Waals surface area contributed by atoms with Crippen LogP contribution in [0.4, 0.5) is 0 Å². The molecule has 1 aromatic heterocycles. The van der Waals surface area contributed by atoms with Crippen LogP contribution in [0, 0.1) is 6.92 Å². The van der Waals surface area contributed by atoms with E-state index in [-0.39, 0.29) is 5.92 Å². The normalized spacial score (nSPS) is 12.4. The van der Waals surface area contributed by atoms with Gasteiger partial charge < -0.3 is 5.73 Å². The Labute approximate surface area is 96.1 Å². The highest BCUT2D eigenvalue weighted by atomic mass is 14.7. The van der Waals surface area contributed by atoms with Crippen molar-refractivity contribution in [3.05, 3.63) is 65.5 Å². The monoisotopic (exact) mass is 212 g/mol. The molecule has 82 valence electrons. The van der Waals surface area contributed by atoms with Gasteiger partial charge in [0.05, 0.1) is 0 Å². The van der Waals surface area contributed by atoms with Crippen LogP contribution in [-0.4, -0.2) is 11.5 Å². The molecule has 0 aliphatic carbocycles. The summed E-state index contributed by atoms with van der Waals surface area (Å²) in [5.74, 6) is 0.197. The third-order valence-electron chi connectivity index (χ3n) is 2.84. The molecule has 0 saturated carbocycles. The second-order valence-corrected chi connectivity index (χ2v) is 3.90. The van der Waals surface area contributed by atoms with Gasteiger partial charge in [0.25, 0.3) is 0 Å². The van der Waals surface area contributed by atoms with Crippen LogP contribution in [0.5, 0.6) is 0 Å². The minimum Gasteiger partial charge on any atom is -0.329 e. The van der Waals surface area contributed by atoms with E-state index < -0.39 is 0 Å². The summed E-state index contributed by atoms with van der Waals surface area (Å²) in [6, 6.07) is 14.3. The Bertz CT molecular complexity index is 451. The molecule has 2 aromatic rings. The summed E-state index contributed by atoms with van der Waals surface area (Å²) in [5.41, 5.74) is 9.44. The maximum absolute atomic E-state index is 5.87. The zero-order valence-electron chi connectivity index (χ0n) is 9.43. The number of aromatic nitrogens is 1. The zero-order valence-corrected chi connectivity index (χ0v) is 9.43. The van der Waals surface area contributed by atoms with E-state index >= 15 is 0 Å². The molecule has 16 heavy (non-hydrogen) atoms. The molecule has 1 heterocycles. The van der Waals surface area contributed by atoms with Crippen molar-refractivity contribution in [2.75, 3.05) is 6.54 Å². The molecule has 0 amide bonds. The van der Waals surface area contributed by atoms with Crippen LogP contribution < -0.4 is 5.73 Å². The maximum Gasteiger partial charge on any atom is 0.0491 e. The fourth-order valence-corrected chi connectivity index (χ4v) is 1.97. The molecule has 0 aliphatic heterocycles. The van der Waals surface area contributed by atoms with E-state index in [0.717, 1.165) is 5.69 Å². The molecule has 2 heteroatoms. The molecule has 2 nitrogen and oxygen atoms in total. The standard InChI is InChI=1S/C14H16N2/c1-11-6-2-3-7-12(11)13(10-15)14-8-4-5-9-16-14/h2-9,13H,10,15H2,1H3. The number of pyridine rings is 1. The van der Waals surface area contributed by atoms with Gasteiger partial charge in [0, 0.05) is 24.4 Å². The molecule has 1 unspecified atom stereocenters. The van der Waals surface area contributed by atoms with Crippen molar-refractivity contribution in [3.63, 3.8) is 0 Å². The number of nitrogens with zero attached hydrogens (tertiary/aromatic N) is 1. The maximum atomic E-state index is 5.87. The molecule has 1 atom stereocenters. The molecule has 0 fully saturated rings. The minimum absolute atomic E-state index is 0.197. The highest BCUT2D eigenvalue weighted by Gasteiger charge is 2.14. The van der Waals surface area contributed by atoms with Gasteiger partial charge in [0.2, 0.25) is 0 Å². The average Bonchev–Trinajstić information content (AvgIpc) is 2.34. The number of rotatable bonds is 3. The molecule has 0 radical (unpaired) electrons. The van der Waals surface area contributed by atoms with Crippen LogP contribution >= 0.6 is 0 Å². The van der Waals surface area contributed by atoms with Crippen LogP contribution in [0.3, 0.4) is 0 Å². The summed E-state index contributed by atoms with van der Waals surface area (Å²) < 4.78 is 0. The highest BCUT2D eigenvalue weighted by molar-refractivity contribution is 5.35. The Balaban J connectivity index is 2.41. The molecular weight excluding hydrogens is 196 g/mol. The first-order chi connectivity index (χ1) is 7.83. The highest BCUT2D eigenvalue weighted by Crippen LogP contribution is 2.24. The van der Waals surface area contributed by atoms with E-state index in [1.165, 1.54) is 11.1 Å². The molecule has 0 saturated heterocycles. The second kappa shape index (κ2) is 4.90. The van der Waals surface area contributed by atoms with E-state index in [9.17, 15) is 0 Å². The first kappa shape index (κ1) is 10.8. The Morgan fingerprint density at radius 1 is 1.12 bits per heavy atom. The van der Waals surface area contributed by atoms with E-state index in [4.69, 9.17) is 5.73 Å². The predicted molar refractivity (Wildman–Crippen MR) is 66.3 cm³/mol. The van der Waals surface area contributed by atoms with Gasteiger partial charge in [-0.1, -0.05) is 30.3 Å². The SMILES string of the molecule is Cc1ccccc1C(CN)c1ccccn1. The van der Waals surface area contributed by atoms with Crippen LogP contribution in [0.25, 0.3) is 0 Å². The van der Waals surface area contributed by atoms with Gasteiger partial charge in [-0.2, -0.15) is 0 Å². The van der Waals surface area contributed by atoms with E-state index in [2.05, 4.69) is 24.0 Å². The first-order valence-electron chi connectivity index (χ1n) is 5.49. The molecule has 1 aromatic carbocycles. The van der Waals surface area contributed by atoms with E-state index in [1.54, 1.807) is 0 Å². The molecule has 0 spiro atoms. The van der Waals surface area contributed by atoms with Crippen molar-refractivity contribution >= 4 is 0 Å². The summed E-state index contributed by atoms with van der Waals surface area (Å²) in [6.45, 7) is 2.70. The van der Waals surface area contributed by atoms with E-state index in [1.807, 2.05) is 36.5 Å². The smallest absolute Gasteiger partial charge is 0.0491 e. The topological polar surface area (TPSA) is 38.9 Å². The van der Waals surface area contributed by atoms with Crippen molar-refractivity contribution in [1.82, 2.24) is 4.98 Å². The Morgan fingerprint density at radius 2 is 1.88 bits per heavy atom. The average molecular weight is 212 g/mol. The van der Waals surface area contributed by atoms with Crippen LogP contribution in [-0.2, 0) is 0 Å². The summed E-state index contributed by atoms with van der Waals surface area (Å²) in [6.07, 6.45) is 1.82. The molecule has 2 N–H and O–H groups in total. The van der Waals surface area contributed by atoms with Gasteiger partial charge in [0.15, 0.2) is 0 Å². The number of benzene rings is 1. The Kier molecular flexibility index (Phi) is 3.32. The van der Waals surface area contributed by atoms with Gasteiger partial charge >= 0.3 is 0 Å². The Morgan fingerprint density at radius 3 is 2.50 bits per heavy atom. The van der Waals surface area contributed by atoms with Crippen molar-refractivity contribution in [2.45, 2.75) is 12.8 Å². The summed E-state index contributed by atoms with van der Waals surface area (Å²) in [4.78, 5) is 4.39. The number of nitrogens with two attached hydrogens (primary N) is 1. The third kappa shape index (κ3) is 2.12. The Hall–Kier alpha value is -1.67. The molecule has 2 rings (SSSR count). The first-order valence-corrected chi connectivity index (χ1v) is 5.49. The van der Waals surface area contributed by atoms with Gasteiger partial charge in [-0.3, -0.25) is 4.98 Å². The summed E-state index contributed by atoms with van der Waals surface area (Å²) in [7, 11) is 0. The second-order valence-electron chi connectivity index (χ2n) is 3.90. The lowest BCUT2D eigenvalue weighted by Gasteiger charge is -2.16. The summed E-state index contributed by atoms with van der Waals surface area (Å²) in [5, 5.41) is 0. The van der Waals surface area contributed by atoms with Gasteiger partial charge in [-0.15, -0.1) is 0 Å². The van der Waals surface area contributed by atoms with Crippen LogP contribution in [0.2, 0.25) is 0 Å². The molecular formula is C14H16N2. The lowest BCUT2D eigenvalue weighted by molar-refractivity contribution is 0.781. The lowest BCUT2D eigenvalue weighted by Crippen LogP contribution is -2.15. The number of hydrogen-bond acceptors (Lipinski definition) is 2.